The van der Waals surface area contributed by atoms with Gasteiger partial charge >= 0.3 is 5.97 Å². The van der Waals surface area contributed by atoms with Crippen LogP contribution in [0.15, 0.2) is 36.4 Å². The second-order valence-electron chi connectivity index (χ2n) is 4.95. The van der Waals surface area contributed by atoms with Crippen LogP contribution in [0.3, 0.4) is 0 Å². The molecule has 0 spiro atoms. The second kappa shape index (κ2) is 7.63. The molecule has 2 aromatic rings. The fourth-order valence-corrected chi connectivity index (χ4v) is 2.40. The number of para-hydroxylation sites is 1. The Balaban J connectivity index is 2.24. The number of amides is 1. The van der Waals surface area contributed by atoms with E-state index in [1.54, 1.807) is 6.07 Å². The molecule has 130 valence electrons. The van der Waals surface area contributed by atoms with Crippen molar-refractivity contribution in [3.8, 4) is 5.75 Å². The Kier molecular flexibility index (Phi) is 5.56. The standard InChI is InChI=1S/C16H13ClN2O6/c1-25-14-8-12(11(17)7-10(14)16(21)22)18-15(20)6-9-4-2-3-5-13(9)19(23)24/h2-5,7-8H,6H2,1H3,(H,18,20)(H,21,22). The van der Waals surface area contributed by atoms with E-state index in [9.17, 15) is 19.7 Å². The van der Waals surface area contributed by atoms with Gasteiger partial charge in [-0.1, -0.05) is 29.8 Å². The van der Waals surface area contributed by atoms with Gasteiger partial charge in [0.1, 0.15) is 11.3 Å². The summed E-state index contributed by atoms with van der Waals surface area (Å²) in [6, 6.07) is 8.32. The van der Waals surface area contributed by atoms with Crippen LogP contribution in [0.1, 0.15) is 15.9 Å². The SMILES string of the molecule is COc1cc(NC(=O)Cc2ccccc2[N+](=O)[O-])c(Cl)cc1C(=O)O. The maximum atomic E-state index is 12.2. The molecule has 0 heterocycles. The van der Waals surface area contributed by atoms with E-state index in [1.165, 1.54) is 31.4 Å². The molecular formula is C16H13ClN2O6. The van der Waals surface area contributed by atoms with Crippen molar-refractivity contribution in [2.24, 2.45) is 0 Å². The lowest BCUT2D eigenvalue weighted by atomic mass is 10.1. The highest BCUT2D eigenvalue weighted by Crippen LogP contribution is 2.31. The number of ether oxygens (including phenoxy) is 1. The molecule has 0 fully saturated rings. The minimum Gasteiger partial charge on any atom is -0.496 e. The van der Waals surface area contributed by atoms with Crippen molar-refractivity contribution in [3.05, 3.63) is 62.7 Å². The lowest BCUT2D eigenvalue weighted by Crippen LogP contribution is -2.16. The third-order valence-corrected chi connectivity index (χ3v) is 3.65. The molecule has 0 unspecified atom stereocenters. The lowest BCUT2D eigenvalue weighted by Gasteiger charge is -2.11. The van der Waals surface area contributed by atoms with Crippen LogP contribution in [0.5, 0.6) is 5.75 Å². The number of nitro benzene ring substituents is 1. The van der Waals surface area contributed by atoms with Gasteiger partial charge in [0.15, 0.2) is 0 Å². The molecule has 2 N–H and O–H groups in total. The molecule has 1 amide bonds. The maximum absolute atomic E-state index is 12.2. The summed E-state index contributed by atoms with van der Waals surface area (Å²) in [5.41, 5.74) is 0.0779. The Morgan fingerprint density at radius 1 is 1.32 bits per heavy atom. The second-order valence-corrected chi connectivity index (χ2v) is 5.36. The van der Waals surface area contributed by atoms with Crippen molar-refractivity contribution in [2.75, 3.05) is 12.4 Å². The number of methoxy groups -OCH3 is 1. The summed E-state index contributed by atoms with van der Waals surface area (Å²) in [5.74, 6) is -1.74. The number of carbonyl (C=O) groups excluding carboxylic acids is 1. The topological polar surface area (TPSA) is 119 Å². The van der Waals surface area contributed by atoms with Crippen molar-refractivity contribution in [2.45, 2.75) is 6.42 Å². The number of benzene rings is 2. The number of carboxylic acids is 1. The quantitative estimate of drug-likeness (QED) is 0.600. The molecule has 25 heavy (non-hydrogen) atoms. The first-order valence-electron chi connectivity index (χ1n) is 6.96. The lowest BCUT2D eigenvalue weighted by molar-refractivity contribution is -0.385. The first kappa shape index (κ1) is 18.2. The van der Waals surface area contributed by atoms with E-state index in [2.05, 4.69) is 5.32 Å². The highest BCUT2D eigenvalue weighted by atomic mass is 35.5. The van der Waals surface area contributed by atoms with Gasteiger partial charge in [0.05, 0.1) is 29.2 Å². The van der Waals surface area contributed by atoms with Gasteiger partial charge in [-0.15, -0.1) is 0 Å². The molecule has 8 nitrogen and oxygen atoms in total. The molecule has 0 aliphatic heterocycles. The average Bonchev–Trinajstić information content (AvgIpc) is 2.56. The first-order valence-corrected chi connectivity index (χ1v) is 7.34. The van der Waals surface area contributed by atoms with E-state index in [0.717, 1.165) is 6.07 Å². The van der Waals surface area contributed by atoms with E-state index in [-0.39, 0.29) is 39.7 Å². The van der Waals surface area contributed by atoms with Crippen LogP contribution in [0, 0.1) is 10.1 Å². The highest BCUT2D eigenvalue weighted by Gasteiger charge is 2.19. The summed E-state index contributed by atoms with van der Waals surface area (Å²) < 4.78 is 4.97. The van der Waals surface area contributed by atoms with Gasteiger partial charge in [0.2, 0.25) is 5.91 Å². The molecule has 9 heteroatoms. The van der Waals surface area contributed by atoms with E-state index >= 15 is 0 Å². The zero-order valence-corrected chi connectivity index (χ0v) is 13.7. The van der Waals surface area contributed by atoms with Crippen LogP contribution in [0.4, 0.5) is 11.4 Å². The van der Waals surface area contributed by atoms with E-state index < -0.39 is 16.8 Å². The van der Waals surface area contributed by atoms with Gasteiger partial charge in [-0.25, -0.2) is 4.79 Å². The van der Waals surface area contributed by atoms with E-state index in [1.807, 2.05) is 0 Å². The summed E-state index contributed by atoms with van der Waals surface area (Å²) >= 11 is 5.99. The van der Waals surface area contributed by atoms with Gasteiger partial charge in [-0.2, -0.15) is 0 Å². The maximum Gasteiger partial charge on any atom is 0.339 e. The molecule has 0 saturated heterocycles. The third kappa shape index (κ3) is 4.24. The number of carboxylic acid groups (broad SMARTS) is 1. The molecule has 0 atom stereocenters. The molecule has 0 aliphatic carbocycles. The number of nitrogens with one attached hydrogen (secondary N) is 1. The van der Waals surface area contributed by atoms with Crippen LogP contribution in [-0.4, -0.2) is 29.0 Å². The predicted molar refractivity (Wildman–Crippen MR) is 90.4 cm³/mol. The third-order valence-electron chi connectivity index (χ3n) is 3.33. The summed E-state index contributed by atoms with van der Waals surface area (Å²) in [5, 5.41) is 22.6. The van der Waals surface area contributed by atoms with Crippen LogP contribution < -0.4 is 10.1 Å². The number of anilines is 1. The number of carbonyl (C=O) groups is 2. The fraction of sp³-hybridized carbons (Fsp3) is 0.125. The van der Waals surface area contributed by atoms with Gasteiger partial charge < -0.3 is 15.2 Å². The molecule has 2 aromatic carbocycles. The number of nitro groups is 1. The molecule has 0 aliphatic rings. The summed E-state index contributed by atoms with van der Waals surface area (Å²) in [4.78, 5) is 33.7. The Hall–Kier alpha value is -3.13. The molecule has 0 saturated carbocycles. The van der Waals surface area contributed by atoms with Crippen LogP contribution in [-0.2, 0) is 11.2 Å². The summed E-state index contributed by atoms with van der Waals surface area (Å²) in [6.07, 6.45) is -0.240. The van der Waals surface area contributed by atoms with Gasteiger partial charge in [-0.05, 0) is 6.07 Å². The van der Waals surface area contributed by atoms with Gasteiger partial charge in [0, 0.05) is 17.7 Å². The zero-order chi connectivity index (χ0) is 18.6. The molecule has 0 aromatic heterocycles. The normalized spacial score (nSPS) is 10.2. The molecule has 0 bridgehead atoms. The van der Waals surface area contributed by atoms with Gasteiger partial charge in [-0.3, -0.25) is 14.9 Å². The van der Waals surface area contributed by atoms with Crippen LogP contribution in [0.25, 0.3) is 0 Å². The number of rotatable bonds is 6. The summed E-state index contributed by atoms with van der Waals surface area (Å²) in [6.45, 7) is 0. The van der Waals surface area contributed by atoms with E-state index in [0.29, 0.717) is 0 Å². The monoisotopic (exact) mass is 364 g/mol. The largest absolute Gasteiger partial charge is 0.496 e. The molecular weight excluding hydrogens is 352 g/mol. The number of hydrogen-bond acceptors (Lipinski definition) is 5. The Labute approximate surface area is 147 Å². The van der Waals surface area contributed by atoms with Crippen molar-refractivity contribution >= 4 is 34.9 Å². The minimum atomic E-state index is -1.23. The smallest absolute Gasteiger partial charge is 0.339 e. The Bertz CT molecular complexity index is 853. The first-order chi connectivity index (χ1) is 11.8. The fourth-order valence-electron chi connectivity index (χ4n) is 2.19. The van der Waals surface area contributed by atoms with Crippen molar-refractivity contribution in [1.29, 1.82) is 0 Å². The van der Waals surface area contributed by atoms with Crippen LogP contribution in [0.2, 0.25) is 5.02 Å². The number of aromatic carboxylic acids is 1. The Morgan fingerprint density at radius 2 is 2.00 bits per heavy atom. The molecule has 2 rings (SSSR count). The van der Waals surface area contributed by atoms with Crippen molar-refractivity contribution < 1.29 is 24.4 Å². The number of nitrogens with zero attached hydrogens (tertiary/aromatic N) is 1. The summed E-state index contributed by atoms with van der Waals surface area (Å²) in [7, 11) is 1.29. The average molecular weight is 365 g/mol. The Morgan fingerprint density at radius 3 is 2.60 bits per heavy atom. The minimum absolute atomic E-state index is 0.00844. The van der Waals surface area contributed by atoms with Gasteiger partial charge in [0.25, 0.3) is 5.69 Å². The molecule has 0 radical (unpaired) electrons. The zero-order valence-electron chi connectivity index (χ0n) is 13.0. The number of hydrogen-bond donors (Lipinski definition) is 2. The van der Waals surface area contributed by atoms with Crippen LogP contribution >= 0.6 is 11.6 Å². The van der Waals surface area contributed by atoms with Crippen molar-refractivity contribution in [1.82, 2.24) is 0 Å². The van der Waals surface area contributed by atoms with Crippen molar-refractivity contribution in [3.63, 3.8) is 0 Å². The highest BCUT2D eigenvalue weighted by molar-refractivity contribution is 6.34. The predicted octanol–water partition coefficient (Wildman–Crippen LogP) is 3.14. The number of halogens is 1. The van der Waals surface area contributed by atoms with E-state index in [4.69, 9.17) is 21.4 Å².